The fourth-order valence-electron chi connectivity index (χ4n) is 1.71. The van der Waals surface area contributed by atoms with Crippen LogP contribution >= 0.6 is 11.3 Å². The second-order valence-electron chi connectivity index (χ2n) is 3.95. The second kappa shape index (κ2) is 6.73. The van der Waals surface area contributed by atoms with Crippen molar-refractivity contribution in [3.05, 3.63) is 41.3 Å². The van der Waals surface area contributed by atoms with Crippen molar-refractivity contribution in [2.24, 2.45) is 4.40 Å². The summed E-state index contributed by atoms with van der Waals surface area (Å²) in [5.41, 5.74) is 0.545. The lowest BCUT2D eigenvalue weighted by molar-refractivity contribution is 0.311. The Morgan fingerprint density at radius 1 is 1.29 bits per heavy atom. The maximum Gasteiger partial charge on any atom is 0.291 e. The van der Waals surface area contributed by atoms with Gasteiger partial charge >= 0.3 is 0 Å². The Labute approximate surface area is 127 Å². The van der Waals surface area contributed by atoms with Gasteiger partial charge < -0.3 is 9.47 Å². The first-order chi connectivity index (χ1) is 10.1. The minimum absolute atomic E-state index is 0.207. The van der Waals surface area contributed by atoms with Crippen molar-refractivity contribution in [2.45, 2.75) is 11.1 Å². The van der Waals surface area contributed by atoms with Crippen molar-refractivity contribution in [2.75, 3.05) is 13.7 Å². The molecule has 2 rings (SSSR count). The molecule has 0 saturated carbocycles. The number of hydrogen-bond donors (Lipinski definition) is 0. The number of methoxy groups -OCH3 is 1. The second-order valence-corrected chi connectivity index (χ2v) is 6.76. The number of sulfonamides is 1. The molecular formula is C14H15NO4S2. The van der Waals surface area contributed by atoms with Gasteiger partial charge in [0.05, 0.1) is 19.9 Å². The molecule has 112 valence electrons. The van der Waals surface area contributed by atoms with E-state index in [1.54, 1.807) is 29.6 Å². The number of benzene rings is 1. The van der Waals surface area contributed by atoms with Crippen LogP contribution < -0.4 is 9.47 Å². The summed E-state index contributed by atoms with van der Waals surface area (Å²) in [6.45, 7) is 2.35. The van der Waals surface area contributed by atoms with Crippen LogP contribution in [0.3, 0.4) is 0 Å². The molecule has 0 aliphatic carbocycles. The van der Waals surface area contributed by atoms with Crippen molar-refractivity contribution in [3.63, 3.8) is 0 Å². The van der Waals surface area contributed by atoms with Crippen LogP contribution in [0.15, 0.2) is 44.3 Å². The number of rotatable bonds is 6. The van der Waals surface area contributed by atoms with Crippen LogP contribution in [0.2, 0.25) is 0 Å². The summed E-state index contributed by atoms with van der Waals surface area (Å²) >= 11 is 1.13. The number of ether oxygens (including phenoxy) is 2. The lowest BCUT2D eigenvalue weighted by atomic mass is 10.2. The first-order valence-corrected chi connectivity index (χ1v) is 8.54. The van der Waals surface area contributed by atoms with Gasteiger partial charge in [0.15, 0.2) is 11.5 Å². The Morgan fingerprint density at radius 2 is 2.10 bits per heavy atom. The molecule has 0 saturated heterocycles. The molecule has 5 nitrogen and oxygen atoms in total. The Kier molecular flexibility index (Phi) is 4.98. The van der Waals surface area contributed by atoms with Crippen LogP contribution in [0.25, 0.3) is 0 Å². The molecule has 1 aromatic carbocycles. The molecule has 0 atom stereocenters. The highest BCUT2D eigenvalue weighted by Gasteiger charge is 2.14. The Morgan fingerprint density at radius 3 is 2.71 bits per heavy atom. The molecule has 1 aromatic heterocycles. The van der Waals surface area contributed by atoms with E-state index in [9.17, 15) is 8.42 Å². The van der Waals surface area contributed by atoms with Crippen LogP contribution in [0.1, 0.15) is 12.5 Å². The normalized spacial score (nSPS) is 11.7. The van der Waals surface area contributed by atoms with E-state index in [0.717, 1.165) is 11.3 Å². The third-order valence-electron chi connectivity index (χ3n) is 2.59. The zero-order chi connectivity index (χ0) is 15.3. The number of nitrogens with zero attached hydrogens (tertiary/aromatic N) is 1. The summed E-state index contributed by atoms with van der Waals surface area (Å²) in [7, 11) is -2.17. The van der Waals surface area contributed by atoms with Gasteiger partial charge in [0.25, 0.3) is 10.0 Å². The predicted molar refractivity (Wildman–Crippen MR) is 83.3 cm³/mol. The van der Waals surface area contributed by atoms with Gasteiger partial charge in [-0.3, -0.25) is 0 Å². The quantitative estimate of drug-likeness (QED) is 0.766. The number of thiophene rings is 1. The van der Waals surface area contributed by atoms with Gasteiger partial charge in [0.2, 0.25) is 0 Å². The van der Waals surface area contributed by atoms with Gasteiger partial charge in [0.1, 0.15) is 4.21 Å². The van der Waals surface area contributed by atoms with E-state index >= 15 is 0 Å². The summed E-state index contributed by atoms with van der Waals surface area (Å²) < 4.78 is 38.7. The van der Waals surface area contributed by atoms with E-state index in [4.69, 9.17) is 9.47 Å². The lowest BCUT2D eigenvalue weighted by Gasteiger charge is -2.10. The largest absolute Gasteiger partial charge is 0.492 e. The number of para-hydroxylation sites is 1. The fourth-order valence-corrected chi connectivity index (χ4v) is 3.55. The molecule has 0 radical (unpaired) electrons. The molecule has 0 aliphatic rings. The average Bonchev–Trinajstić information content (AvgIpc) is 3.01. The first-order valence-electron chi connectivity index (χ1n) is 6.22. The molecule has 0 bridgehead atoms. The van der Waals surface area contributed by atoms with Gasteiger partial charge in [-0.05, 0) is 30.5 Å². The van der Waals surface area contributed by atoms with Gasteiger partial charge in [-0.25, -0.2) is 0 Å². The Bertz CT molecular complexity index is 721. The van der Waals surface area contributed by atoms with E-state index in [0.29, 0.717) is 23.7 Å². The van der Waals surface area contributed by atoms with Crippen molar-refractivity contribution in [1.29, 1.82) is 0 Å². The van der Waals surface area contributed by atoms with Gasteiger partial charge in [-0.15, -0.1) is 11.3 Å². The predicted octanol–water partition coefficient (Wildman–Crippen LogP) is 2.96. The van der Waals surface area contributed by atoms with Crippen molar-refractivity contribution in [3.8, 4) is 11.5 Å². The van der Waals surface area contributed by atoms with E-state index in [1.165, 1.54) is 19.4 Å². The maximum atomic E-state index is 12.0. The maximum absolute atomic E-state index is 12.0. The Balaban J connectivity index is 2.35. The van der Waals surface area contributed by atoms with Crippen LogP contribution in [0.4, 0.5) is 0 Å². The van der Waals surface area contributed by atoms with E-state index in [2.05, 4.69) is 4.40 Å². The topological polar surface area (TPSA) is 65.0 Å². The summed E-state index contributed by atoms with van der Waals surface area (Å²) in [6, 6.07) is 8.42. The number of hydrogen-bond acceptors (Lipinski definition) is 5. The standard InChI is InChI=1S/C14H15NO4S2/c1-3-19-12-7-4-6-11(14(12)18-2)10-15-21(16,17)13-8-5-9-20-13/h4-10H,3H2,1-2H3/b15-10-. The van der Waals surface area contributed by atoms with Crippen molar-refractivity contribution < 1.29 is 17.9 Å². The average molecular weight is 325 g/mol. The van der Waals surface area contributed by atoms with Gasteiger partial charge in [-0.2, -0.15) is 12.8 Å². The molecule has 1 heterocycles. The monoisotopic (exact) mass is 325 g/mol. The molecule has 21 heavy (non-hydrogen) atoms. The third-order valence-corrected chi connectivity index (χ3v) is 5.20. The van der Waals surface area contributed by atoms with Crippen LogP contribution in [-0.4, -0.2) is 28.3 Å². The SMILES string of the molecule is CCOc1cccc(/C=N\S(=O)(=O)c2cccs2)c1OC. The summed E-state index contributed by atoms with van der Waals surface area (Å²) in [5, 5.41) is 1.69. The van der Waals surface area contributed by atoms with E-state index < -0.39 is 10.0 Å². The summed E-state index contributed by atoms with van der Waals surface area (Å²) in [6.07, 6.45) is 1.27. The van der Waals surface area contributed by atoms with E-state index in [-0.39, 0.29) is 4.21 Å². The molecular weight excluding hydrogens is 310 g/mol. The lowest BCUT2D eigenvalue weighted by Crippen LogP contribution is -2.00. The highest BCUT2D eigenvalue weighted by molar-refractivity contribution is 7.92. The Hall–Kier alpha value is -1.86. The minimum Gasteiger partial charge on any atom is -0.492 e. The van der Waals surface area contributed by atoms with Crippen molar-refractivity contribution in [1.82, 2.24) is 0 Å². The first kappa shape index (κ1) is 15.5. The van der Waals surface area contributed by atoms with Crippen LogP contribution in [0.5, 0.6) is 11.5 Å². The highest BCUT2D eigenvalue weighted by Crippen LogP contribution is 2.30. The molecule has 0 unspecified atom stereocenters. The minimum atomic E-state index is -3.67. The molecule has 0 fully saturated rings. The molecule has 0 N–H and O–H groups in total. The van der Waals surface area contributed by atoms with Gasteiger partial charge in [-0.1, -0.05) is 12.1 Å². The smallest absolute Gasteiger partial charge is 0.291 e. The fraction of sp³-hybridized carbons (Fsp3) is 0.214. The van der Waals surface area contributed by atoms with Gasteiger partial charge in [0, 0.05) is 5.56 Å². The summed E-state index contributed by atoms with van der Waals surface area (Å²) in [5.74, 6) is 1.02. The van der Waals surface area contributed by atoms with Crippen LogP contribution in [0, 0.1) is 0 Å². The molecule has 2 aromatic rings. The molecule has 0 amide bonds. The third kappa shape index (κ3) is 3.62. The van der Waals surface area contributed by atoms with Crippen LogP contribution in [-0.2, 0) is 10.0 Å². The van der Waals surface area contributed by atoms with E-state index in [1.807, 2.05) is 6.92 Å². The summed E-state index contributed by atoms with van der Waals surface area (Å²) in [4.78, 5) is 0. The van der Waals surface area contributed by atoms with Crippen molar-refractivity contribution >= 4 is 27.6 Å². The zero-order valence-corrected chi connectivity index (χ0v) is 13.3. The zero-order valence-electron chi connectivity index (χ0n) is 11.6. The molecule has 7 heteroatoms. The molecule has 0 aliphatic heterocycles. The molecule has 0 spiro atoms. The highest BCUT2D eigenvalue weighted by atomic mass is 32.2.